The third-order valence-electron chi connectivity index (χ3n) is 7.35. The minimum absolute atomic E-state index is 0.257. The Labute approximate surface area is 221 Å². The molecule has 2 aliphatic heterocycles. The largest absolute Gasteiger partial charge is 0.711 e. The Bertz CT molecular complexity index is 1350. The predicted molar refractivity (Wildman–Crippen MR) is 137 cm³/mol. The number of imidazole rings is 1. The number of hydrogen-bond donors (Lipinski definition) is 0. The standard InChI is InChI=1S/C29H32N2O7/c1-17-18(2)31(34)26(30(17)5)24(25-27(32)37-29(3,4)38-28(25)33)20-7-9-22(10-8-20)35-14-12-19-6-11-23-21(16-19)13-15-36-23/h6-11,16,24-25H,12-15H2,1-5H3/t24-/m0/s1. The van der Waals surface area contributed by atoms with Gasteiger partial charge in [0.25, 0.3) is 11.6 Å². The van der Waals surface area contributed by atoms with Crippen LogP contribution in [0.4, 0.5) is 0 Å². The van der Waals surface area contributed by atoms with Gasteiger partial charge in [0.1, 0.15) is 28.8 Å². The fourth-order valence-electron chi connectivity index (χ4n) is 5.15. The highest BCUT2D eigenvalue weighted by Crippen LogP contribution is 2.38. The summed E-state index contributed by atoms with van der Waals surface area (Å²) in [5, 5.41) is 13.2. The molecule has 0 unspecified atom stereocenters. The Balaban J connectivity index is 1.39. The van der Waals surface area contributed by atoms with Crippen LogP contribution >= 0.6 is 0 Å². The second-order valence-corrected chi connectivity index (χ2v) is 10.3. The molecule has 9 heteroatoms. The predicted octanol–water partition coefficient (Wildman–Crippen LogP) is 3.42. The van der Waals surface area contributed by atoms with Crippen molar-refractivity contribution in [2.24, 2.45) is 13.0 Å². The molecule has 0 amide bonds. The number of benzene rings is 2. The molecule has 0 bridgehead atoms. The molecule has 1 saturated heterocycles. The van der Waals surface area contributed by atoms with Crippen molar-refractivity contribution in [1.29, 1.82) is 0 Å². The van der Waals surface area contributed by atoms with Crippen molar-refractivity contribution >= 4 is 11.9 Å². The first kappa shape index (κ1) is 25.6. The number of hydrogen-bond acceptors (Lipinski definition) is 7. The number of fused-ring (bicyclic) bond motifs is 1. The van der Waals surface area contributed by atoms with Crippen molar-refractivity contribution in [1.82, 2.24) is 4.57 Å². The van der Waals surface area contributed by atoms with E-state index in [4.69, 9.17) is 18.9 Å². The molecule has 0 radical (unpaired) electrons. The average Bonchev–Trinajstić information content (AvgIpc) is 3.40. The summed E-state index contributed by atoms with van der Waals surface area (Å²) < 4.78 is 24.8. The van der Waals surface area contributed by atoms with E-state index in [0.29, 0.717) is 23.6 Å². The summed E-state index contributed by atoms with van der Waals surface area (Å²) in [5.74, 6) is -3.21. The number of carbonyl (C=O) groups is 2. The van der Waals surface area contributed by atoms with Crippen LogP contribution in [-0.4, -0.2) is 35.5 Å². The van der Waals surface area contributed by atoms with E-state index in [2.05, 4.69) is 6.07 Å². The molecule has 1 aromatic heterocycles. The smallest absolute Gasteiger partial charge is 0.324 e. The maximum atomic E-state index is 13.2. The number of rotatable bonds is 7. The van der Waals surface area contributed by atoms with Crippen molar-refractivity contribution in [2.45, 2.75) is 52.2 Å². The molecule has 0 spiro atoms. The highest BCUT2D eigenvalue weighted by Gasteiger charge is 2.51. The van der Waals surface area contributed by atoms with Gasteiger partial charge in [0, 0.05) is 40.5 Å². The Hall–Kier alpha value is -4.01. The Morgan fingerprint density at radius 3 is 2.42 bits per heavy atom. The normalized spacial score (nSPS) is 17.4. The van der Waals surface area contributed by atoms with Gasteiger partial charge in [0.15, 0.2) is 5.92 Å². The van der Waals surface area contributed by atoms with Gasteiger partial charge >= 0.3 is 11.9 Å². The zero-order valence-corrected chi connectivity index (χ0v) is 22.3. The number of cyclic esters (lactones) is 2. The molecule has 3 heterocycles. The van der Waals surface area contributed by atoms with E-state index < -0.39 is 29.6 Å². The fraction of sp³-hybridized carbons (Fsp3) is 0.414. The maximum absolute atomic E-state index is 13.2. The first-order valence-corrected chi connectivity index (χ1v) is 12.7. The van der Waals surface area contributed by atoms with Crippen molar-refractivity contribution < 1.29 is 33.3 Å². The second-order valence-electron chi connectivity index (χ2n) is 10.3. The van der Waals surface area contributed by atoms with Gasteiger partial charge in [-0.2, -0.15) is 0 Å². The lowest BCUT2D eigenvalue weighted by Gasteiger charge is -2.35. The molecule has 2 aromatic carbocycles. The van der Waals surface area contributed by atoms with Gasteiger partial charge in [-0.3, -0.25) is 9.59 Å². The summed E-state index contributed by atoms with van der Waals surface area (Å²) >= 11 is 0. The molecule has 1 atom stereocenters. The third-order valence-corrected chi connectivity index (χ3v) is 7.35. The molecule has 0 aliphatic carbocycles. The van der Waals surface area contributed by atoms with E-state index in [-0.39, 0.29) is 5.82 Å². The van der Waals surface area contributed by atoms with Crippen LogP contribution in [0.25, 0.3) is 0 Å². The van der Waals surface area contributed by atoms with Crippen LogP contribution in [0.3, 0.4) is 0 Å². The number of esters is 2. The van der Waals surface area contributed by atoms with Gasteiger partial charge in [-0.15, -0.1) is 0 Å². The molecule has 2 aliphatic rings. The molecular weight excluding hydrogens is 488 g/mol. The molecule has 3 aromatic rings. The Kier molecular flexibility index (Phi) is 6.54. The zero-order valence-electron chi connectivity index (χ0n) is 22.3. The van der Waals surface area contributed by atoms with Crippen LogP contribution in [0.1, 0.15) is 53.7 Å². The van der Waals surface area contributed by atoms with Crippen molar-refractivity contribution in [2.75, 3.05) is 13.2 Å². The quantitative estimate of drug-likeness (QED) is 0.204. The summed E-state index contributed by atoms with van der Waals surface area (Å²) in [5.41, 5.74) is 4.22. The highest BCUT2D eigenvalue weighted by molar-refractivity contribution is 5.98. The molecule has 9 nitrogen and oxygen atoms in total. The summed E-state index contributed by atoms with van der Waals surface area (Å²) in [7, 11) is 1.74. The first-order chi connectivity index (χ1) is 18.1. The molecule has 200 valence electrons. The molecule has 5 rings (SSSR count). The second kappa shape index (κ2) is 9.70. The van der Waals surface area contributed by atoms with Crippen molar-refractivity contribution in [3.63, 3.8) is 0 Å². The van der Waals surface area contributed by atoms with Crippen LogP contribution in [-0.2, 0) is 39.0 Å². The molecule has 0 saturated carbocycles. The number of nitrogens with zero attached hydrogens (tertiary/aromatic N) is 2. The molecule has 38 heavy (non-hydrogen) atoms. The lowest BCUT2D eigenvalue weighted by atomic mass is 9.84. The summed E-state index contributed by atoms with van der Waals surface area (Å²) in [6.07, 6.45) is 1.67. The lowest BCUT2D eigenvalue weighted by molar-refractivity contribution is -0.621. The fourth-order valence-corrected chi connectivity index (χ4v) is 5.15. The minimum atomic E-state index is -1.37. The lowest BCUT2D eigenvalue weighted by Crippen LogP contribution is -2.50. The summed E-state index contributed by atoms with van der Waals surface area (Å²) in [6.45, 7) is 7.73. The average molecular weight is 521 g/mol. The van der Waals surface area contributed by atoms with Crippen LogP contribution in [0.5, 0.6) is 11.5 Å². The van der Waals surface area contributed by atoms with Crippen LogP contribution in [0.2, 0.25) is 0 Å². The van der Waals surface area contributed by atoms with Gasteiger partial charge in [-0.1, -0.05) is 24.3 Å². The number of aromatic nitrogens is 2. The minimum Gasteiger partial charge on any atom is -0.711 e. The zero-order chi connectivity index (χ0) is 27.2. The topological polar surface area (TPSA) is 103 Å². The SMILES string of the molecule is Cc1c(C)[n+]([O-])c([C@@H](c2ccc(OCCc3ccc4c(c3)CCO4)cc2)C2C(=O)OC(C)(C)OC2=O)n1C. The van der Waals surface area contributed by atoms with E-state index in [0.717, 1.165) is 35.6 Å². The van der Waals surface area contributed by atoms with Crippen LogP contribution in [0.15, 0.2) is 42.5 Å². The molecular formula is C29H32N2O7. The molecule has 1 fully saturated rings. The van der Waals surface area contributed by atoms with Gasteiger partial charge in [0.05, 0.1) is 20.3 Å². The van der Waals surface area contributed by atoms with Crippen molar-refractivity contribution in [3.05, 3.63) is 81.6 Å². The van der Waals surface area contributed by atoms with Gasteiger partial charge in [-0.25, -0.2) is 9.30 Å². The Morgan fingerprint density at radius 2 is 1.79 bits per heavy atom. The third kappa shape index (κ3) is 4.68. The summed E-state index contributed by atoms with van der Waals surface area (Å²) in [4.78, 5) is 26.1. The van der Waals surface area contributed by atoms with E-state index in [9.17, 15) is 14.8 Å². The Morgan fingerprint density at radius 1 is 1.11 bits per heavy atom. The van der Waals surface area contributed by atoms with Gasteiger partial charge < -0.3 is 24.2 Å². The van der Waals surface area contributed by atoms with Gasteiger partial charge in [-0.05, 0) is 34.9 Å². The summed E-state index contributed by atoms with van der Waals surface area (Å²) in [6, 6.07) is 13.3. The van der Waals surface area contributed by atoms with E-state index in [1.54, 1.807) is 42.8 Å². The monoisotopic (exact) mass is 520 g/mol. The van der Waals surface area contributed by atoms with E-state index in [1.807, 2.05) is 19.1 Å². The highest BCUT2D eigenvalue weighted by atomic mass is 16.7. The number of ether oxygens (including phenoxy) is 4. The van der Waals surface area contributed by atoms with Crippen LogP contribution in [0, 0.1) is 25.0 Å². The first-order valence-electron chi connectivity index (χ1n) is 12.7. The van der Waals surface area contributed by atoms with E-state index in [1.165, 1.54) is 25.0 Å². The van der Waals surface area contributed by atoms with Crippen molar-refractivity contribution in [3.8, 4) is 11.5 Å². The molecule has 0 N–H and O–H groups in total. The maximum Gasteiger partial charge on any atom is 0.324 e. The van der Waals surface area contributed by atoms with Gasteiger partial charge in [0.2, 0.25) is 0 Å². The van der Waals surface area contributed by atoms with E-state index >= 15 is 0 Å². The van der Waals surface area contributed by atoms with Crippen LogP contribution < -0.4 is 14.2 Å². The number of carbonyl (C=O) groups excluding carboxylic acids is 2.